The van der Waals surface area contributed by atoms with E-state index in [1.54, 1.807) is 0 Å². The maximum atomic E-state index is 5.80. The van der Waals surface area contributed by atoms with E-state index >= 15 is 0 Å². The summed E-state index contributed by atoms with van der Waals surface area (Å²) in [7, 11) is 4.18. The van der Waals surface area contributed by atoms with Crippen molar-refractivity contribution in [1.29, 1.82) is 0 Å². The Bertz CT molecular complexity index is 921. The number of anilines is 3. The van der Waals surface area contributed by atoms with Crippen LogP contribution >= 0.6 is 0 Å². The zero-order valence-corrected chi connectivity index (χ0v) is 14.7. The third-order valence-corrected chi connectivity index (χ3v) is 4.66. The van der Waals surface area contributed by atoms with Crippen LogP contribution in [0.3, 0.4) is 0 Å². The minimum Gasteiger partial charge on any atom is -0.383 e. The third-order valence-electron chi connectivity index (χ3n) is 4.66. The molecule has 0 spiro atoms. The second-order valence-electron chi connectivity index (χ2n) is 6.69. The maximum Gasteiger partial charge on any atom is 0.0736 e. The molecular weight excluding hydrogens is 312 g/mol. The molecule has 0 amide bonds. The summed E-state index contributed by atoms with van der Waals surface area (Å²) in [6.07, 6.45) is 3.77. The summed E-state index contributed by atoms with van der Waals surface area (Å²) >= 11 is 0. The van der Waals surface area contributed by atoms with E-state index in [9.17, 15) is 0 Å². The fourth-order valence-corrected chi connectivity index (χ4v) is 3.46. The molecule has 1 aliphatic rings. The van der Waals surface area contributed by atoms with E-state index in [1.165, 1.54) is 21.8 Å². The Morgan fingerprint density at radius 1 is 1.24 bits per heavy atom. The van der Waals surface area contributed by atoms with E-state index < -0.39 is 0 Å². The molecule has 0 fully saturated rings. The number of nitrogens with zero attached hydrogens (tertiary/aromatic N) is 3. The molecule has 3 aromatic rings. The summed E-state index contributed by atoms with van der Waals surface area (Å²) in [5.74, 6) is 0. The maximum absolute atomic E-state index is 5.80. The van der Waals surface area contributed by atoms with Crippen LogP contribution in [0.5, 0.6) is 0 Å². The van der Waals surface area contributed by atoms with Gasteiger partial charge in [0.1, 0.15) is 0 Å². The Hall–Kier alpha value is -2.57. The van der Waals surface area contributed by atoms with Crippen LogP contribution in [0.4, 0.5) is 17.1 Å². The number of benzene rings is 2. The monoisotopic (exact) mass is 336 g/mol. The number of aromatic nitrogens is 1. The first-order valence-corrected chi connectivity index (χ1v) is 8.65. The lowest BCUT2D eigenvalue weighted by molar-refractivity contribution is 0.425. The average Bonchev–Trinajstić information content (AvgIpc) is 2.97. The van der Waals surface area contributed by atoms with Gasteiger partial charge in [-0.15, -0.1) is 0 Å². The summed E-state index contributed by atoms with van der Waals surface area (Å²) in [4.78, 5) is 6.49. The van der Waals surface area contributed by atoms with Gasteiger partial charge in [0.25, 0.3) is 0 Å². The highest BCUT2D eigenvalue weighted by Crippen LogP contribution is 2.45. The minimum absolute atomic E-state index is 0.599. The van der Waals surface area contributed by atoms with Crippen molar-refractivity contribution in [2.75, 3.05) is 56.0 Å². The molecular formula is C19H24N6. The highest BCUT2D eigenvalue weighted by atomic mass is 15.5. The van der Waals surface area contributed by atoms with Crippen molar-refractivity contribution in [3.05, 3.63) is 36.7 Å². The van der Waals surface area contributed by atoms with E-state index in [4.69, 9.17) is 5.73 Å². The second kappa shape index (κ2) is 6.38. The second-order valence-corrected chi connectivity index (χ2v) is 6.69. The van der Waals surface area contributed by atoms with Crippen LogP contribution in [0.15, 0.2) is 36.7 Å². The number of hydrogen-bond donors (Lipinski definition) is 3. The predicted molar refractivity (Wildman–Crippen MR) is 106 cm³/mol. The van der Waals surface area contributed by atoms with Crippen molar-refractivity contribution < 1.29 is 0 Å². The molecule has 25 heavy (non-hydrogen) atoms. The molecule has 4 N–H and O–H groups in total. The normalized spacial score (nSPS) is 13.0. The van der Waals surface area contributed by atoms with Crippen molar-refractivity contribution in [2.24, 2.45) is 5.73 Å². The molecule has 6 heteroatoms. The fraction of sp³-hybridized carbons (Fsp3) is 0.316. The number of rotatable bonds is 6. The molecule has 0 radical (unpaired) electrons. The number of likely N-dealkylation sites (N-methyl/N-ethyl adjacent to an activating group) is 1. The van der Waals surface area contributed by atoms with Crippen molar-refractivity contribution in [3.63, 3.8) is 0 Å². The Balaban J connectivity index is 1.87. The van der Waals surface area contributed by atoms with Gasteiger partial charge in [-0.1, -0.05) is 0 Å². The number of nitrogens with one attached hydrogen (secondary N) is 2. The van der Waals surface area contributed by atoms with Gasteiger partial charge in [-0.3, -0.25) is 15.4 Å². The first kappa shape index (κ1) is 15.9. The van der Waals surface area contributed by atoms with Gasteiger partial charge < -0.3 is 16.0 Å². The molecule has 6 nitrogen and oxygen atoms in total. The van der Waals surface area contributed by atoms with E-state index in [-0.39, 0.29) is 0 Å². The standard InChI is InChI=1S/C19H24N6/c1-24(2)10-8-22-16-3-4-17-18-14(16)11-13-5-7-21-12-15(13)19(18)23-25(17)9-6-20/h3-5,7,11-12,22-23H,6,8-10,20H2,1-2H3. The molecule has 130 valence electrons. The van der Waals surface area contributed by atoms with Gasteiger partial charge in [-0.05, 0) is 43.7 Å². The minimum atomic E-state index is 0.599. The van der Waals surface area contributed by atoms with Gasteiger partial charge in [0.15, 0.2) is 0 Å². The van der Waals surface area contributed by atoms with Crippen LogP contribution in [0.25, 0.3) is 21.5 Å². The first-order valence-electron chi connectivity index (χ1n) is 8.65. The Labute approximate surface area is 147 Å². The molecule has 2 heterocycles. The summed E-state index contributed by atoms with van der Waals surface area (Å²) < 4.78 is 0. The van der Waals surface area contributed by atoms with Gasteiger partial charge in [-0.25, -0.2) is 0 Å². The van der Waals surface area contributed by atoms with Gasteiger partial charge in [0.05, 0.1) is 17.9 Å². The molecule has 1 aliphatic heterocycles. The summed E-state index contributed by atoms with van der Waals surface area (Å²) in [5.41, 5.74) is 12.8. The lowest BCUT2D eigenvalue weighted by Gasteiger charge is -2.19. The van der Waals surface area contributed by atoms with Gasteiger partial charge in [0, 0.05) is 53.9 Å². The molecule has 0 saturated carbocycles. The fourth-order valence-electron chi connectivity index (χ4n) is 3.46. The lowest BCUT2D eigenvalue weighted by atomic mass is 10.0. The van der Waals surface area contributed by atoms with Crippen LogP contribution in [0.2, 0.25) is 0 Å². The zero-order chi connectivity index (χ0) is 17.4. The number of nitrogens with two attached hydrogens (primary N) is 1. The van der Waals surface area contributed by atoms with E-state index in [0.29, 0.717) is 6.54 Å². The molecule has 1 aromatic heterocycles. The Kier molecular flexibility index (Phi) is 4.07. The van der Waals surface area contributed by atoms with Crippen molar-refractivity contribution in [2.45, 2.75) is 0 Å². The van der Waals surface area contributed by atoms with Crippen molar-refractivity contribution >= 4 is 38.6 Å². The molecule has 0 bridgehead atoms. The third kappa shape index (κ3) is 2.73. The van der Waals surface area contributed by atoms with Crippen LogP contribution in [-0.2, 0) is 0 Å². The number of pyridine rings is 1. The highest BCUT2D eigenvalue weighted by Gasteiger charge is 2.24. The molecule has 0 saturated heterocycles. The molecule has 0 atom stereocenters. The van der Waals surface area contributed by atoms with Crippen LogP contribution < -0.4 is 21.5 Å². The molecule has 4 rings (SSSR count). The SMILES string of the molecule is CN(C)CCNc1ccc2c3c(c4cnccc4cc13)NN2CCN. The molecule has 2 aromatic carbocycles. The van der Waals surface area contributed by atoms with E-state index in [1.807, 2.05) is 12.4 Å². The largest absolute Gasteiger partial charge is 0.383 e. The summed E-state index contributed by atoms with van der Waals surface area (Å²) in [5, 5.41) is 10.5. The van der Waals surface area contributed by atoms with Gasteiger partial charge in [-0.2, -0.15) is 0 Å². The molecule has 0 aliphatic carbocycles. The van der Waals surface area contributed by atoms with Crippen LogP contribution in [0.1, 0.15) is 0 Å². The smallest absolute Gasteiger partial charge is 0.0736 e. The van der Waals surface area contributed by atoms with Crippen molar-refractivity contribution in [3.8, 4) is 0 Å². The summed E-state index contributed by atoms with van der Waals surface area (Å²) in [6, 6.07) is 8.65. The quantitative estimate of drug-likeness (QED) is 0.601. The number of hydrazine groups is 1. The first-order chi connectivity index (χ1) is 12.2. The van der Waals surface area contributed by atoms with Crippen LogP contribution in [-0.4, -0.2) is 50.2 Å². The average molecular weight is 336 g/mol. The lowest BCUT2D eigenvalue weighted by Crippen LogP contribution is -2.31. The summed E-state index contributed by atoms with van der Waals surface area (Å²) in [6.45, 7) is 3.26. The Morgan fingerprint density at radius 2 is 2.12 bits per heavy atom. The van der Waals surface area contributed by atoms with E-state index in [0.717, 1.165) is 36.4 Å². The topological polar surface area (TPSA) is 69.5 Å². The van der Waals surface area contributed by atoms with E-state index in [2.05, 4.69) is 64.0 Å². The van der Waals surface area contributed by atoms with Gasteiger partial charge >= 0.3 is 0 Å². The number of hydrogen-bond acceptors (Lipinski definition) is 6. The highest BCUT2D eigenvalue weighted by molar-refractivity contribution is 6.21. The Morgan fingerprint density at radius 3 is 2.92 bits per heavy atom. The molecule has 0 unspecified atom stereocenters. The van der Waals surface area contributed by atoms with Gasteiger partial charge in [0.2, 0.25) is 0 Å². The van der Waals surface area contributed by atoms with Crippen LogP contribution in [0, 0.1) is 0 Å². The zero-order valence-electron chi connectivity index (χ0n) is 14.7. The predicted octanol–water partition coefficient (Wildman–Crippen LogP) is 2.47. The number of fused-ring (bicyclic) bond motifs is 2. The van der Waals surface area contributed by atoms with Crippen molar-refractivity contribution in [1.82, 2.24) is 9.88 Å².